The first kappa shape index (κ1) is 31.5. The van der Waals surface area contributed by atoms with Gasteiger partial charge in [0.05, 0.1) is 17.0 Å². The number of hydrogen-bond acceptors (Lipinski definition) is 4. The maximum absolute atomic E-state index is 13.0. The van der Waals surface area contributed by atoms with Crippen LogP contribution in [0, 0.1) is 6.92 Å². The number of ketones is 1. The fraction of sp³-hybridized carbons (Fsp3) is 0.500. The molecule has 0 unspecified atom stereocenters. The summed E-state index contributed by atoms with van der Waals surface area (Å²) in [5.74, 6) is 0.202. The second-order valence-electron chi connectivity index (χ2n) is 10.8. The van der Waals surface area contributed by atoms with Gasteiger partial charge in [0.1, 0.15) is 5.75 Å². The van der Waals surface area contributed by atoms with Crippen LogP contribution in [-0.2, 0) is 6.54 Å². The van der Waals surface area contributed by atoms with Crippen LogP contribution in [0.15, 0.2) is 54.2 Å². The summed E-state index contributed by atoms with van der Waals surface area (Å²) in [5.41, 5.74) is 4.81. The lowest BCUT2D eigenvalue weighted by Gasteiger charge is -2.12. The molecule has 3 aromatic rings. The predicted molar refractivity (Wildman–Crippen MR) is 166 cm³/mol. The van der Waals surface area contributed by atoms with E-state index in [1.165, 1.54) is 76.0 Å². The molecule has 0 aliphatic heterocycles. The highest BCUT2D eigenvalue weighted by molar-refractivity contribution is 7.09. The minimum absolute atomic E-state index is 0.107. The molecule has 5 nitrogen and oxygen atoms in total. The maximum atomic E-state index is 13.0. The highest BCUT2D eigenvalue weighted by Gasteiger charge is 2.15. The number of thiazole rings is 1. The van der Waals surface area contributed by atoms with Crippen LogP contribution in [-0.4, -0.2) is 18.3 Å². The van der Waals surface area contributed by atoms with Crippen LogP contribution in [0.4, 0.5) is 5.69 Å². The number of hydrogen-bond donors (Lipinski definition) is 1. The number of rotatable bonds is 19. The number of anilines is 1. The average molecular weight is 564 g/mol. The molecule has 0 aliphatic carbocycles. The number of unbranched alkanes of at least 4 members (excludes halogenated alkanes) is 11. The summed E-state index contributed by atoms with van der Waals surface area (Å²) in [6, 6.07) is 13.0. The Bertz CT molecular complexity index is 1200. The quantitative estimate of drug-likeness (QED) is 0.0900. The number of Topliss-reactive ketones (excluding diaryl/α,β-unsaturated/α-hetero) is 1. The van der Waals surface area contributed by atoms with Crippen molar-refractivity contribution in [3.8, 4) is 5.75 Å². The summed E-state index contributed by atoms with van der Waals surface area (Å²) >= 11 is 1.71. The van der Waals surface area contributed by atoms with Crippen LogP contribution in [0.1, 0.15) is 122 Å². The van der Waals surface area contributed by atoms with E-state index in [4.69, 9.17) is 4.74 Å². The molecule has 0 bridgehead atoms. The number of ether oxygens (including phenoxy) is 1. The van der Waals surface area contributed by atoms with E-state index in [1.807, 2.05) is 24.3 Å². The molecule has 40 heavy (non-hydrogen) atoms. The highest BCUT2D eigenvalue weighted by atomic mass is 32.1. The first-order chi connectivity index (χ1) is 19.5. The molecular formula is C34H47N2O3S+. The molecule has 1 N–H and O–H groups in total. The van der Waals surface area contributed by atoms with Gasteiger partial charge in [0, 0.05) is 16.8 Å². The van der Waals surface area contributed by atoms with Gasteiger partial charge in [0.25, 0.3) is 5.91 Å². The van der Waals surface area contributed by atoms with Gasteiger partial charge in [-0.25, -0.2) is 0 Å². The second kappa shape index (κ2) is 17.6. The van der Waals surface area contributed by atoms with Gasteiger partial charge in [-0.3, -0.25) is 9.59 Å². The molecule has 0 saturated carbocycles. The molecule has 1 aromatic heterocycles. The van der Waals surface area contributed by atoms with E-state index in [1.54, 1.807) is 29.5 Å². The summed E-state index contributed by atoms with van der Waals surface area (Å²) in [7, 11) is 0. The molecular weight excluding hydrogens is 516 g/mol. The van der Waals surface area contributed by atoms with Gasteiger partial charge >= 0.3 is 0 Å². The van der Waals surface area contributed by atoms with E-state index in [9.17, 15) is 9.59 Å². The Balaban J connectivity index is 1.41. The van der Waals surface area contributed by atoms with Gasteiger partial charge in [0.15, 0.2) is 18.5 Å². The highest BCUT2D eigenvalue weighted by Crippen LogP contribution is 2.23. The molecule has 1 heterocycles. The summed E-state index contributed by atoms with van der Waals surface area (Å²) < 4.78 is 8.10. The van der Waals surface area contributed by atoms with Crippen molar-refractivity contribution in [2.45, 2.75) is 104 Å². The normalized spacial score (nSPS) is 11.0. The fourth-order valence-corrected chi connectivity index (χ4v) is 5.52. The lowest BCUT2D eigenvalue weighted by atomic mass is 10.1. The SMILES string of the molecule is CCCCCCCCCCCCCCOc1ccc(C(=O)Nc2cccc(C[n+]3csc(C)c3)c2)cc1C(C)=O. The molecule has 0 radical (unpaired) electrons. The molecule has 3 rings (SSSR count). The van der Waals surface area contributed by atoms with Crippen molar-refractivity contribution in [1.29, 1.82) is 0 Å². The topological polar surface area (TPSA) is 59.3 Å². The predicted octanol–water partition coefficient (Wildman–Crippen LogP) is 8.93. The zero-order valence-corrected chi connectivity index (χ0v) is 25.5. The van der Waals surface area contributed by atoms with Gasteiger partial charge < -0.3 is 10.1 Å². The summed E-state index contributed by atoms with van der Waals surface area (Å²) in [4.78, 5) is 26.6. The van der Waals surface area contributed by atoms with E-state index in [2.05, 4.69) is 35.4 Å². The number of benzene rings is 2. The number of nitrogens with one attached hydrogen (secondary N) is 1. The first-order valence-electron chi connectivity index (χ1n) is 15.1. The number of carbonyl (C=O) groups excluding carboxylic acids is 2. The lowest BCUT2D eigenvalue weighted by molar-refractivity contribution is -0.683. The smallest absolute Gasteiger partial charge is 0.255 e. The summed E-state index contributed by atoms with van der Waals surface area (Å²) in [5, 5.41) is 2.97. The zero-order chi connectivity index (χ0) is 28.6. The first-order valence-corrected chi connectivity index (χ1v) is 16.0. The molecule has 1 amide bonds. The number of amides is 1. The number of nitrogens with zero attached hydrogens (tertiary/aromatic N) is 1. The van der Waals surface area contributed by atoms with Gasteiger partial charge in [-0.15, -0.1) is 0 Å². The van der Waals surface area contributed by atoms with Crippen LogP contribution in [0.3, 0.4) is 0 Å². The Hall–Kier alpha value is -2.99. The van der Waals surface area contributed by atoms with Crippen molar-refractivity contribution < 1.29 is 18.9 Å². The lowest BCUT2D eigenvalue weighted by Crippen LogP contribution is -2.30. The number of carbonyl (C=O) groups is 2. The molecule has 0 spiro atoms. The van der Waals surface area contributed by atoms with Crippen LogP contribution in [0.2, 0.25) is 0 Å². The van der Waals surface area contributed by atoms with Crippen molar-refractivity contribution in [2.75, 3.05) is 11.9 Å². The van der Waals surface area contributed by atoms with Gasteiger partial charge in [-0.2, -0.15) is 4.57 Å². The Labute approximate surface area is 245 Å². The molecule has 0 saturated heterocycles. The van der Waals surface area contributed by atoms with E-state index in [0.29, 0.717) is 23.5 Å². The summed E-state index contributed by atoms with van der Waals surface area (Å²) in [6.07, 6.45) is 17.6. The van der Waals surface area contributed by atoms with Gasteiger partial charge in [-0.1, -0.05) is 101 Å². The van der Waals surface area contributed by atoms with Crippen LogP contribution in [0.5, 0.6) is 5.75 Å². The fourth-order valence-electron chi connectivity index (χ4n) is 4.89. The standard InChI is InChI=1S/C34H46N2O3S/c1-4-5-6-7-8-9-10-11-12-13-14-15-21-39-33-20-19-30(23-32(33)28(3)37)34(38)35-31-18-16-17-29(22-31)25-36-24-27(2)40-26-36/h16-20,22-24,26H,4-15,21,25H2,1-3H3/p+1. The Morgan fingerprint density at radius 1 is 0.875 bits per heavy atom. The van der Waals surface area contributed by atoms with Crippen LogP contribution >= 0.6 is 11.3 Å². The van der Waals surface area contributed by atoms with E-state index in [-0.39, 0.29) is 11.7 Å². The largest absolute Gasteiger partial charge is 0.493 e. The van der Waals surface area contributed by atoms with Gasteiger partial charge in [-0.05, 0) is 50.6 Å². The van der Waals surface area contributed by atoms with E-state index < -0.39 is 0 Å². The second-order valence-corrected chi connectivity index (χ2v) is 11.9. The Morgan fingerprint density at radius 3 is 2.17 bits per heavy atom. The maximum Gasteiger partial charge on any atom is 0.255 e. The minimum Gasteiger partial charge on any atom is -0.493 e. The third kappa shape index (κ3) is 11.2. The Morgan fingerprint density at radius 2 is 1.55 bits per heavy atom. The van der Waals surface area contributed by atoms with Crippen molar-refractivity contribution in [3.05, 3.63) is 75.7 Å². The number of aromatic nitrogens is 1. The third-order valence-corrected chi connectivity index (χ3v) is 8.00. The van der Waals surface area contributed by atoms with E-state index >= 15 is 0 Å². The molecule has 2 aromatic carbocycles. The summed E-state index contributed by atoms with van der Waals surface area (Å²) in [6.45, 7) is 7.19. The third-order valence-electron chi connectivity index (χ3n) is 7.15. The van der Waals surface area contributed by atoms with E-state index in [0.717, 1.165) is 30.6 Å². The Kier molecular flexibility index (Phi) is 13.9. The average Bonchev–Trinajstić information content (AvgIpc) is 3.35. The molecule has 0 aliphatic rings. The zero-order valence-electron chi connectivity index (χ0n) is 24.7. The van der Waals surface area contributed by atoms with Crippen LogP contribution in [0.25, 0.3) is 0 Å². The van der Waals surface area contributed by atoms with Gasteiger partial charge in [0.2, 0.25) is 5.51 Å². The number of aryl methyl sites for hydroxylation is 1. The molecule has 0 fully saturated rings. The van der Waals surface area contributed by atoms with Crippen molar-refractivity contribution in [3.63, 3.8) is 0 Å². The van der Waals surface area contributed by atoms with Crippen molar-refractivity contribution in [2.24, 2.45) is 0 Å². The minimum atomic E-state index is -0.244. The monoisotopic (exact) mass is 563 g/mol. The molecule has 216 valence electrons. The van der Waals surface area contributed by atoms with Crippen molar-refractivity contribution >= 4 is 28.7 Å². The molecule has 0 atom stereocenters. The van der Waals surface area contributed by atoms with Crippen LogP contribution < -0.4 is 14.6 Å². The molecule has 6 heteroatoms. The van der Waals surface area contributed by atoms with Crippen molar-refractivity contribution in [1.82, 2.24) is 0 Å².